The summed E-state index contributed by atoms with van der Waals surface area (Å²) in [5, 5.41) is 35.0. The van der Waals surface area contributed by atoms with E-state index in [1.807, 2.05) is 84.9 Å². The molecule has 0 amide bonds. The van der Waals surface area contributed by atoms with Crippen molar-refractivity contribution in [1.82, 2.24) is 0 Å². The molecular formula is C43H32O3. The van der Waals surface area contributed by atoms with E-state index in [0.29, 0.717) is 17.2 Å². The second kappa shape index (κ2) is 12.5. The number of phenolic OH excluding ortho intramolecular Hbond substituents is 3. The normalized spacial score (nSPS) is 11.2. The van der Waals surface area contributed by atoms with Gasteiger partial charge in [-0.15, -0.1) is 0 Å². The first-order valence-corrected chi connectivity index (χ1v) is 15.3. The third-order valence-corrected chi connectivity index (χ3v) is 8.50. The van der Waals surface area contributed by atoms with Crippen LogP contribution in [0.15, 0.2) is 164 Å². The summed E-state index contributed by atoms with van der Waals surface area (Å²) in [6, 6.07) is 53.9. The van der Waals surface area contributed by atoms with Gasteiger partial charge in [0, 0.05) is 10.8 Å². The Morgan fingerprint density at radius 2 is 0.870 bits per heavy atom. The molecule has 8 aromatic carbocycles. The lowest BCUT2D eigenvalue weighted by atomic mass is 9.95. The summed E-state index contributed by atoms with van der Waals surface area (Å²) in [6.45, 7) is 0. The van der Waals surface area contributed by atoms with Gasteiger partial charge in [0.2, 0.25) is 0 Å². The summed E-state index contributed by atoms with van der Waals surface area (Å²) >= 11 is 0. The third kappa shape index (κ3) is 5.74. The van der Waals surface area contributed by atoms with Crippen molar-refractivity contribution in [2.24, 2.45) is 0 Å². The van der Waals surface area contributed by atoms with Gasteiger partial charge in [0.25, 0.3) is 0 Å². The van der Waals surface area contributed by atoms with Crippen LogP contribution in [0.2, 0.25) is 0 Å². The maximum absolute atomic E-state index is 9.77. The number of phenols is 3. The van der Waals surface area contributed by atoms with Crippen LogP contribution in [0.4, 0.5) is 0 Å². The zero-order chi connectivity index (χ0) is 31.5. The molecule has 0 saturated heterocycles. The Morgan fingerprint density at radius 3 is 1.48 bits per heavy atom. The molecule has 0 atom stereocenters. The van der Waals surface area contributed by atoms with Gasteiger partial charge in [-0.25, -0.2) is 0 Å². The van der Waals surface area contributed by atoms with Crippen molar-refractivity contribution in [3.8, 4) is 39.5 Å². The van der Waals surface area contributed by atoms with Gasteiger partial charge < -0.3 is 15.3 Å². The van der Waals surface area contributed by atoms with E-state index in [-0.39, 0.29) is 0 Å². The maximum atomic E-state index is 9.77. The summed E-state index contributed by atoms with van der Waals surface area (Å²) < 4.78 is 0. The van der Waals surface area contributed by atoms with Gasteiger partial charge >= 0.3 is 0 Å². The highest BCUT2D eigenvalue weighted by molar-refractivity contribution is 5.97. The van der Waals surface area contributed by atoms with Gasteiger partial charge in [0.15, 0.2) is 0 Å². The molecule has 8 aromatic rings. The van der Waals surface area contributed by atoms with E-state index in [1.165, 1.54) is 38.6 Å². The number of benzene rings is 8. The van der Waals surface area contributed by atoms with Crippen LogP contribution in [0.1, 0.15) is 11.1 Å². The van der Waals surface area contributed by atoms with Gasteiger partial charge in [-0.2, -0.15) is 0 Å². The molecule has 0 heterocycles. The summed E-state index contributed by atoms with van der Waals surface area (Å²) in [4.78, 5) is 0. The molecule has 0 radical (unpaired) electrons. The van der Waals surface area contributed by atoms with Crippen molar-refractivity contribution < 1.29 is 15.3 Å². The molecule has 222 valence electrons. The van der Waals surface area contributed by atoms with Crippen molar-refractivity contribution in [2.45, 2.75) is 6.42 Å². The molecule has 0 bridgehead atoms. The molecule has 1 aliphatic rings. The second-order valence-electron chi connectivity index (χ2n) is 11.4. The summed E-state index contributed by atoms with van der Waals surface area (Å²) in [7, 11) is 0. The molecule has 0 fully saturated rings. The van der Waals surface area contributed by atoms with Crippen molar-refractivity contribution in [2.75, 3.05) is 0 Å². The average molecular weight is 597 g/mol. The van der Waals surface area contributed by atoms with Gasteiger partial charge in [-0.3, -0.25) is 0 Å². The highest BCUT2D eigenvalue weighted by atomic mass is 16.3. The number of hydrogen-bond acceptors (Lipinski definition) is 3. The first kappa shape index (κ1) is 28.7. The molecule has 1 aliphatic carbocycles. The summed E-state index contributed by atoms with van der Waals surface area (Å²) in [5.41, 5.74) is 7.55. The van der Waals surface area contributed by atoms with Crippen molar-refractivity contribution >= 4 is 32.3 Å². The lowest BCUT2D eigenvalue weighted by Crippen LogP contribution is -1.85. The first-order chi connectivity index (χ1) is 22.5. The number of hydrogen-bond donors (Lipinski definition) is 3. The molecule has 3 N–H and O–H groups in total. The predicted molar refractivity (Wildman–Crippen MR) is 191 cm³/mol. The standard InChI is InChI=1S/C23H16O.2C10H8O/c24-19-10-8-17-13-18-12-16(9-11-22(18)23(17)14-19)21-7-3-5-15-4-1-2-6-20(15)21;2*11-10-7-3-5-8-4-1-2-6-9(8)10/h1-12,14,24H,13H2;2*1-7,11H. The van der Waals surface area contributed by atoms with Crippen LogP contribution in [-0.2, 0) is 6.42 Å². The van der Waals surface area contributed by atoms with Crippen LogP contribution in [0.25, 0.3) is 54.6 Å². The Bertz CT molecular complexity index is 2240. The van der Waals surface area contributed by atoms with Crippen molar-refractivity contribution in [3.63, 3.8) is 0 Å². The Hall–Kier alpha value is -6.06. The SMILES string of the molecule is Oc1ccc2c(c1)-c1ccc(-c3cccc4ccccc34)cc1C2.Oc1cccc2ccccc12.Oc1cccc2ccccc12. The molecule has 9 rings (SSSR count). The zero-order valence-electron chi connectivity index (χ0n) is 25.1. The molecule has 0 aliphatic heterocycles. The quantitative estimate of drug-likeness (QED) is 0.177. The van der Waals surface area contributed by atoms with Gasteiger partial charge in [-0.05, 0) is 85.6 Å². The van der Waals surface area contributed by atoms with Gasteiger partial charge in [0.05, 0.1) is 0 Å². The Kier molecular flexibility index (Phi) is 7.80. The first-order valence-electron chi connectivity index (χ1n) is 15.3. The highest BCUT2D eigenvalue weighted by Crippen LogP contribution is 2.41. The second-order valence-corrected chi connectivity index (χ2v) is 11.4. The molecule has 46 heavy (non-hydrogen) atoms. The van der Waals surface area contributed by atoms with Crippen LogP contribution in [-0.4, -0.2) is 15.3 Å². The topological polar surface area (TPSA) is 60.7 Å². The number of aromatic hydroxyl groups is 3. The molecular weight excluding hydrogens is 564 g/mol. The minimum absolute atomic E-state index is 0.333. The van der Waals surface area contributed by atoms with Crippen LogP contribution in [0, 0.1) is 0 Å². The minimum Gasteiger partial charge on any atom is -0.508 e. The largest absolute Gasteiger partial charge is 0.508 e. The maximum Gasteiger partial charge on any atom is 0.123 e. The van der Waals surface area contributed by atoms with E-state index in [4.69, 9.17) is 0 Å². The van der Waals surface area contributed by atoms with Gasteiger partial charge in [-0.1, -0.05) is 140 Å². The monoisotopic (exact) mass is 596 g/mol. The Morgan fingerprint density at radius 1 is 0.348 bits per heavy atom. The molecule has 0 unspecified atom stereocenters. The third-order valence-electron chi connectivity index (χ3n) is 8.50. The lowest BCUT2D eigenvalue weighted by molar-refractivity contribution is 0.475. The van der Waals surface area contributed by atoms with Crippen LogP contribution in [0.3, 0.4) is 0 Å². The molecule has 0 saturated carbocycles. The fraction of sp³-hybridized carbons (Fsp3) is 0.0233. The molecule has 0 spiro atoms. The fourth-order valence-electron chi connectivity index (χ4n) is 6.24. The molecule has 3 heteroatoms. The van der Waals surface area contributed by atoms with E-state index in [9.17, 15) is 15.3 Å². The molecule has 0 aromatic heterocycles. The van der Waals surface area contributed by atoms with E-state index >= 15 is 0 Å². The summed E-state index contributed by atoms with van der Waals surface area (Å²) in [6.07, 6.45) is 0.934. The Labute approximate surface area is 267 Å². The predicted octanol–water partition coefficient (Wildman–Crippen LogP) is 10.9. The van der Waals surface area contributed by atoms with E-state index in [1.54, 1.807) is 18.2 Å². The van der Waals surface area contributed by atoms with Crippen LogP contribution < -0.4 is 0 Å². The number of rotatable bonds is 1. The Balaban J connectivity index is 0.000000127. The molecule has 3 nitrogen and oxygen atoms in total. The zero-order valence-corrected chi connectivity index (χ0v) is 25.1. The summed E-state index contributed by atoms with van der Waals surface area (Å²) in [5.74, 6) is 1.03. The number of fused-ring (bicyclic) bond motifs is 6. The van der Waals surface area contributed by atoms with Crippen molar-refractivity contribution in [1.29, 1.82) is 0 Å². The fourth-order valence-corrected chi connectivity index (χ4v) is 6.24. The van der Waals surface area contributed by atoms with E-state index < -0.39 is 0 Å². The minimum atomic E-state index is 0.333. The van der Waals surface area contributed by atoms with Crippen molar-refractivity contribution in [3.05, 3.63) is 175 Å². The van der Waals surface area contributed by atoms with Gasteiger partial charge in [0.1, 0.15) is 17.2 Å². The average Bonchev–Trinajstić information content (AvgIpc) is 3.46. The lowest BCUT2D eigenvalue weighted by Gasteiger charge is -2.09. The smallest absolute Gasteiger partial charge is 0.123 e. The van der Waals surface area contributed by atoms with Crippen LogP contribution in [0.5, 0.6) is 17.2 Å². The van der Waals surface area contributed by atoms with Crippen LogP contribution >= 0.6 is 0 Å². The highest BCUT2D eigenvalue weighted by Gasteiger charge is 2.19. The van der Waals surface area contributed by atoms with E-state index in [0.717, 1.165) is 33.5 Å². The van der Waals surface area contributed by atoms with E-state index in [2.05, 4.69) is 60.7 Å².